The summed E-state index contributed by atoms with van der Waals surface area (Å²) in [7, 11) is -3.56. The molecule has 4 rings (SSSR count). The molecule has 172 valence electrons. The smallest absolute Gasteiger partial charge is 0.279 e. The molecule has 1 saturated heterocycles. The van der Waals surface area contributed by atoms with Gasteiger partial charge in [-0.15, -0.1) is 6.42 Å². The van der Waals surface area contributed by atoms with E-state index in [9.17, 15) is 13.2 Å². The predicted molar refractivity (Wildman–Crippen MR) is 132 cm³/mol. The minimum atomic E-state index is -3.56. The standard InChI is InChI=1S/C25H27N3O3S2/c1-4-13-28-23-19(3)16-18(2)17-22(23)32-25(28)26-24(29)20-9-11-21(12-10-20)33(30,31)27-14-7-5-6-8-15-27/h1,9-12,16-17H,5-8,13-15H2,2-3H3. The molecule has 33 heavy (non-hydrogen) atoms. The Kier molecular flexibility index (Phi) is 6.84. The van der Waals surface area contributed by atoms with Crippen molar-refractivity contribution < 1.29 is 13.2 Å². The number of aromatic nitrogens is 1. The molecule has 0 atom stereocenters. The number of rotatable bonds is 4. The molecule has 2 aromatic carbocycles. The fourth-order valence-corrected chi connectivity index (χ4v) is 6.99. The number of thiazole rings is 1. The lowest BCUT2D eigenvalue weighted by atomic mass is 10.1. The van der Waals surface area contributed by atoms with E-state index in [2.05, 4.69) is 23.0 Å². The first-order chi connectivity index (χ1) is 15.8. The molecule has 3 aromatic rings. The van der Waals surface area contributed by atoms with Crippen LogP contribution < -0.4 is 4.80 Å². The number of nitrogens with zero attached hydrogens (tertiary/aromatic N) is 3. The van der Waals surface area contributed by atoms with Gasteiger partial charge in [0.05, 0.1) is 21.7 Å². The first-order valence-electron chi connectivity index (χ1n) is 11.0. The van der Waals surface area contributed by atoms with Crippen LogP contribution in [-0.4, -0.2) is 36.3 Å². The number of benzene rings is 2. The summed E-state index contributed by atoms with van der Waals surface area (Å²) in [6, 6.07) is 10.2. The second kappa shape index (κ2) is 9.64. The number of aryl methyl sites for hydroxylation is 2. The maximum atomic E-state index is 13.0. The third kappa shape index (κ3) is 4.81. The first kappa shape index (κ1) is 23.4. The fraction of sp³-hybridized carbons (Fsp3) is 0.360. The minimum absolute atomic E-state index is 0.205. The van der Waals surface area contributed by atoms with Crippen LogP contribution in [0.4, 0.5) is 0 Å². The van der Waals surface area contributed by atoms with Crippen LogP contribution in [-0.2, 0) is 16.6 Å². The summed E-state index contributed by atoms with van der Waals surface area (Å²) < 4.78 is 30.4. The van der Waals surface area contributed by atoms with Crippen molar-refractivity contribution in [2.45, 2.75) is 51.0 Å². The second-order valence-corrected chi connectivity index (χ2v) is 11.3. The number of carbonyl (C=O) groups excluding carboxylic acids is 1. The maximum Gasteiger partial charge on any atom is 0.279 e. The Morgan fingerprint density at radius 2 is 1.76 bits per heavy atom. The number of carbonyl (C=O) groups is 1. The lowest BCUT2D eigenvalue weighted by Gasteiger charge is -2.19. The van der Waals surface area contributed by atoms with E-state index in [4.69, 9.17) is 6.42 Å². The molecule has 0 bridgehead atoms. The summed E-state index contributed by atoms with van der Waals surface area (Å²) in [4.78, 5) is 18.0. The molecule has 1 aromatic heterocycles. The lowest BCUT2D eigenvalue weighted by Crippen LogP contribution is -2.31. The Balaban J connectivity index is 1.67. The highest BCUT2D eigenvalue weighted by Gasteiger charge is 2.25. The monoisotopic (exact) mass is 481 g/mol. The number of terminal acetylenes is 1. The van der Waals surface area contributed by atoms with Crippen molar-refractivity contribution in [3.63, 3.8) is 0 Å². The molecule has 1 fully saturated rings. The van der Waals surface area contributed by atoms with Gasteiger partial charge in [0.1, 0.15) is 0 Å². The van der Waals surface area contributed by atoms with Gasteiger partial charge < -0.3 is 4.57 Å². The number of amides is 1. The molecule has 0 N–H and O–H groups in total. The van der Waals surface area contributed by atoms with Crippen molar-refractivity contribution in [2.24, 2.45) is 4.99 Å². The van der Waals surface area contributed by atoms with E-state index in [1.54, 1.807) is 4.31 Å². The third-order valence-electron chi connectivity index (χ3n) is 5.86. The van der Waals surface area contributed by atoms with Gasteiger partial charge in [0.25, 0.3) is 5.91 Å². The quantitative estimate of drug-likeness (QED) is 0.523. The number of hydrogen-bond donors (Lipinski definition) is 0. The molecule has 6 nitrogen and oxygen atoms in total. The van der Waals surface area contributed by atoms with E-state index < -0.39 is 15.9 Å². The summed E-state index contributed by atoms with van der Waals surface area (Å²) in [5, 5.41) is 0. The highest BCUT2D eigenvalue weighted by Crippen LogP contribution is 2.24. The number of fused-ring (bicyclic) bond motifs is 1. The molecule has 0 aliphatic carbocycles. The molecule has 8 heteroatoms. The van der Waals surface area contributed by atoms with Crippen molar-refractivity contribution in [1.82, 2.24) is 8.87 Å². The van der Waals surface area contributed by atoms with Crippen LogP contribution in [0, 0.1) is 26.2 Å². The van der Waals surface area contributed by atoms with Gasteiger partial charge in [-0.3, -0.25) is 4.79 Å². The summed E-state index contributed by atoms with van der Waals surface area (Å²) >= 11 is 1.42. The topological polar surface area (TPSA) is 71.7 Å². The highest BCUT2D eigenvalue weighted by molar-refractivity contribution is 7.89. The molecule has 1 aliphatic heterocycles. The average molecular weight is 482 g/mol. The Morgan fingerprint density at radius 1 is 1.09 bits per heavy atom. The van der Waals surface area contributed by atoms with Crippen molar-refractivity contribution >= 4 is 37.5 Å². The van der Waals surface area contributed by atoms with Gasteiger partial charge >= 0.3 is 0 Å². The third-order valence-corrected chi connectivity index (χ3v) is 8.80. The van der Waals surface area contributed by atoms with E-state index in [0.29, 0.717) is 30.0 Å². The van der Waals surface area contributed by atoms with Crippen molar-refractivity contribution in [3.8, 4) is 12.3 Å². The largest absolute Gasteiger partial charge is 0.304 e. The van der Waals surface area contributed by atoms with Gasteiger partial charge in [0, 0.05) is 18.7 Å². The van der Waals surface area contributed by atoms with Gasteiger partial charge in [0.2, 0.25) is 10.0 Å². The molecule has 2 heterocycles. The van der Waals surface area contributed by atoms with E-state index in [0.717, 1.165) is 47.0 Å². The summed E-state index contributed by atoms with van der Waals surface area (Å²) in [5.41, 5.74) is 3.53. The Hall–Kier alpha value is -2.73. The molecule has 1 aliphatic rings. The summed E-state index contributed by atoms with van der Waals surface area (Å²) in [6.07, 6.45) is 9.43. The first-order valence-corrected chi connectivity index (χ1v) is 13.3. The maximum absolute atomic E-state index is 13.0. The average Bonchev–Trinajstić information content (AvgIpc) is 2.95. The zero-order valence-electron chi connectivity index (χ0n) is 18.9. The zero-order chi connectivity index (χ0) is 23.6. The normalized spacial score (nSPS) is 16.0. The zero-order valence-corrected chi connectivity index (χ0v) is 20.5. The van der Waals surface area contributed by atoms with Crippen LogP contribution in [0.5, 0.6) is 0 Å². The Morgan fingerprint density at radius 3 is 2.39 bits per heavy atom. The number of sulfonamides is 1. The molecular formula is C25H27N3O3S2. The van der Waals surface area contributed by atoms with Crippen LogP contribution in [0.1, 0.15) is 47.2 Å². The van der Waals surface area contributed by atoms with Crippen molar-refractivity contribution in [3.05, 3.63) is 57.9 Å². The lowest BCUT2D eigenvalue weighted by molar-refractivity contribution is 0.0998. The predicted octanol–water partition coefficient (Wildman–Crippen LogP) is 4.26. The molecule has 0 radical (unpaired) electrons. The van der Waals surface area contributed by atoms with Gasteiger partial charge in [0.15, 0.2) is 4.80 Å². The van der Waals surface area contributed by atoms with Gasteiger partial charge in [-0.2, -0.15) is 9.30 Å². The van der Waals surface area contributed by atoms with E-state index in [1.165, 1.54) is 35.6 Å². The second-order valence-electron chi connectivity index (χ2n) is 8.36. The highest BCUT2D eigenvalue weighted by atomic mass is 32.2. The van der Waals surface area contributed by atoms with Crippen LogP contribution >= 0.6 is 11.3 Å². The van der Waals surface area contributed by atoms with Crippen LogP contribution in [0.3, 0.4) is 0 Å². The van der Waals surface area contributed by atoms with Gasteiger partial charge in [-0.1, -0.05) is 36.2 Å². The van der Waals surface area contributed by atoms with Crippen LogP contribution in [0.25, 0.3) is 10.2 Å². The van der Waals surface area contributed by atoms with Crippen LogP contribution in [0.15, 0.2) is 46.3 Å². The SMILES string of the molecule is C#CCn1c(=NC(=O)c2ccc(S(=O)(=O)N3CCCCCC3)cc2)sc2cc(C)cc(C)c21. The van der Waals surface area contributed by atoms with Gasteiger partial charge in [-0.25, -0.2) is 8.42 Å². The van der Waals surface area contributed by atoms with Crippen molar-refractivity contribution in [1.29, 1.82) is 0 Å². The van der Waals surface area contributed by atoms with Crippen LogP contribution in [0.2, 0.25) is 0 Å². The fourth-order valence-electron chi connectivity index (χ4n) is 4.27. The summed E-state index contributed by atoms with van der Waals surface area (Å²) in [5.74, 6) is 2.21. The van der Waals surface area contributed by atoms with Gasteiger partial charge in [-0.05, 0) is 68.1 Å². The molecule has 0 unspecified atom stereocenters. The summed E-state index contributed by atoms with van der Waals surface area (Å²) in [6.45, 7) is 5.44. The Bertz CT molecular complexity index is 1400. The molecular weight excluding hydrogens is 454 g/mol. The Labute approximate surface area is 198 Å². The number of hydrogen-bond acceptors (Lipinski definition) is 4. The molecule has 1 amide bonds. The minimum Gasteiger partial charge on any atom is -0.304 e. The van der Waals surface area contributed by atoms with E-state index >= 15 is 0 Å². The molecule has 0 spiro atoms. The van der Waals surface area contributed by atoms with Crippen molar-refractivity contribution in [2.75, 3.05) is 13.1 Å². The van der Waals surface area contributed by atoms with E-state index in [1.807, 2.05) is 18.4 Å². The van der Waals surface area contributed by atoms with E-state index in [-0.39, 0.29) is 4.90 Å². The molecule has 0 saturated carbocycles.